The fourth-order valence-corrected chi connectivity index (χ4v) is 2.80. The first kappa shape index (κ1) is 14.8. The van der Waals surface area contributed by atoms with E-state index in [1.54, 1.807) is 0 Å². The number of benzene rings is 1. The summed E-state index contributed by atoms with van der Waals surface area (Å²) in [4.78, 5) is 2.61. The highest BCUT2D eigenvalue weighted by Gasteiger charge is 2.22. The molecule has 0 saturated carbocycles. The Morgan fingerprint density at radius 1 is 1.29 bits per heavy atom. The first-order chi connectivity index (χ1) is 7.81. The molecule has 96 valence electrons. The number of hydrogen-bond donors (Lipinski definition) is 0. The van der Waals surface area contributed by atoms with Gasteiger partial charge in [0.25, 0.3) is 0 Å². The molecule has 1 aromatic carbocycles. The van der Waals surface area contributed by atoms with Crippen molar-refractivity contribution in [3.8, 4) is 0 Å². The molecular formula is C14H21Cl2N. The minimum absolute atomic E-state index is 0. The zero-order chi connectivity index (χ0) is 11.4. The van der Waals surface area contributed by atoms with Crippen LogP contribution >= 0.6 is 24.0 Å². The van der Waals surface area contributed by atoms with Crippen molar-refractivity contribution in [2.75, 3.05) is 13.1 Å². The fourth-order valence-electron chi connectivity index (χ4n) is 2.60. The Morgan fingerprint density at radius 3 is 2.59 bits per heavy atom. The molecule has 1 aliphatic rings. The number of rotatable bonds is 4. The molecule has 0 N–H and O–H groups in total. The van der Waals surface area contributed by atoms with Gasteiger partial charge in [-0.05, 0) is 50.0 Å². The first-order valence-electron chi connectivity index (χ1n) is 6.31. The Labute approximate surface area is 116 Å². The predicted octanol–water partition coefficient (Wildman–Crippen LogP) is 4.70. The van der Waals surface area contributed by atoms with Crippen molar-refractivity contribution in [1.29, 1.82) is 0 Å². The zero-order valence-corrected chi connectivity index (χ0v) is 11.9. The highest BCUT2D eigenvalue weighted by atomic mass is 35.5. The molecule has 1 atom stereocenters. The highest BCUT2D eigenvalue weighted by Crippen LogP contribution is 2.30. The lowest BCUT2D eigenvalue weighted by atomic mass is 10.0. The van der Waals surface area contributed by atoms with Gasteiger partial charge in [-0.3, -0.25) is 4.90 Å². The molecule has 0 radical (unpaired) electrons. The minimum Gasteiger partial charge on any atom is -0.296 e. The third kappa shape index (κ3) is 3.87. The van der Waals surface area contributed by atoms with Crippen LogP contribution in [0.4, 0.5) is 0 Å². The SMILES string of the molecule is CCCC(c1cccc(Cl)c1)N1CCCC1.Cl. The van der Waals surface area contributed by atoms with E-state index >= 15 is 0 Å². The molecule has 0 amide bonds. The van der Waals surface area contributed by atoms with Gasteiger partial charge in [0, 0.05) is 11.1 Å². The molecule has 0 bridgehead atoms. The molecule has 2 rings (SSSR count). The van der Waals surface area contributed by atoms with Crippen molar-refractivity contribution >= 4 is 24.0 Å². The van der Waals surface area contributed by atoms with E-state index in [1.165, 1.54) is 44.3 Å². The number of halogens is 2. The lowest BCUT2D eigenvalue weighted by molar-refractivity contribution is 0.232. The predicted molar refractivity (Wildman–Crippen MR) is 77.2 cm³/mol. The first-order valence-corrected chi connectivity index (χ1v) is 6.68. The largest absolute Gasteiger partial charge is 0.296 e. The van der Waals surface area contributed by atoms with Crippen molar-refractivity contribution in [2.24, 2.45) is 0 Å². The maximum absolute atomic E-state index is 6.08. The summed E-state index contributed by atoms with van der Waals surface area (Å²) in [5, 5.41) is 0.859. The van der Waals surface area contributed by atoms with Crippen LogP contribution in [0.5, 0.6) is 0 Å². The molecular weight excluding hydrogens is 253 g/mol. The quantitative estimate of drug-likeness (QED) is 0.769. The molecule has 1 unspecified atom stereocenters. The summed E-state index contributed by atoms with van der Waals surface area (Å²) in [5.74, 6) is 0. The summed E-state index contributed by atoms with van der Waals surface area (Å²) in [7, 11) is 0. The number of likely N-dealkylation sites (tertiary alicyclic amines) is 1. The molecule has 1 aliphatic heterocycles. The van der Waals surface area contributed by atoms with Crippen molar-refractivity contribution in [3.05, 3.63) is 34.9 Å². The van der Waals surface area contributed by atoms with Gasteiger partial charge in [0.1, 0.15) is 0 Å². The summed E-state index contributed by atoms with van der Waals surface area (Å²) >= 11 is 6.08. The van der Waals surface area contributed by atoms with Gasteiger partial charge in [-0.1, -0.05) is 37.1 Å². The summed E-state index contributed by atoms with van der Waals surface area (Å²) < 4.78 is 0. The number of hydrogen-bond acceptors (Lipinski definition) is 1. The van der Waals surface area contributed by atoms with E-state index < -0.39 is 0 Å². The van der Waals surface area contributed by atoms with Crippen molar-refractivity contribution in [1.82, 2.24) is 4.90 Å². The van der Waals surface area contributed by atoms with Gasteiger partial charge in [-0.2, -0.15) is 0 Å². The van der Waals surface area contributed by atoms with Crippen LogP contribution in [-0.4, -0.2) is 18.0 Å². The van der Waals surface area contributed by atoms with E-state index in [-0.39, 0.29) is 12.4 Å². The Kier molecular flexibility index (Phi) is 6.32. The smallest absolute Gasteiger partial charge is 0.0409 e. The van der Waals surface area contributed by atoms with Crippen LogP contribution in [-0.2, 0) is 0 Å². The third-order valence-corrected chi connectivity index (χ3v) is 3.61. The van der Waals surface area contributed by atoms with Gasteiger partial charge in [0.05, 0.1) is 0 Å². The molecule has 17 heavy (non-hydrogen) atoms. The molecule has 1 saturated heterocycles. The van der Waals surface area contributed by atoms with Gasteiger partial charge in [0.15, 0.2) is 0 Å². The summed E-state index contributed by atoms with van der Waals surface area (Å²) in [6.07, 6.45) is 5.16. The Morgan fingerprint density at radius 2 is 2.00 bits per heavy atom. The molecule has 0 aromatic heterocycles. The number of nitrogens with zero attached hydrogens (tertiary/aromatic N) is 1. The average Bonchev–Trinajstić information content (AvgIpc) is 2.79. The zero-order valence-electron chi connectivity index (χ0n) is 10.4. The van der Waals surface area contributed by atoms with Crippen LogP contribution in [0.25, 0.3) is 0 Å². The second-order valence-electron chi connectivity index (χ2n) is 4.60. The third-order valence-electron chi connectivity index (χ3n) is 3.38. The summed E-state index contributed by atoms with van der Waals surface area (Å²) in [6.45, 7) is 4.75. The van der Waals surface area contributed by atoms with Crippen LogP contribution in [0.2, 0.25) is 5.02 Å². The van der Waals surface area contributed by atoms with Crippen molar-refractivity contribution in [3.63, 3.8) is 0 Å². The van der Waals surface area contributed by atoms with E-state index in [9.17, 15) is 0 Å². The van der Waals surface area contributed by atoms with Crippen molar-refractivity contribution < 1.29 is 0 Å². The monoisotopic (exact) mass is 273 g/mol. The van der Waals surface area contributed by atoms with E-state index in [0.29, 0.717) is 6.04 Å². The Hall–Kier alpha value is -0.240. The van der Waals surface area contributed by atoms with Crippen LogP contribution in [0.3, 0.4) is 0 Å². The van der Waals surface area contributed by atoms with E-state index in [4.69, 9.17) is 11.6 Å². The fraction of sp³-hybridized carbons (Fsp3) is 0.571. The van der Waals surface area contributed by atoms with Crippen LogP contribution in [0.15, 0.2) is 24.3 Å². The topological polar surface area (TPSA) is 3.24 Å². The normalized spacial score (nSPS) is 17.8. The Bertz CT molecular complexity index is 335. The minimum atomic E-state index is 0. The molecule has 1 fully saturated rings. The highest BCUT2D eigenvalue weighted by molar-refractivity contribution is 6.30. The molecule has 3 heteroatoms. The van der Waals surface area contributed by atoms with Crippen LogP contribution in [0.1, 0.15) is 44.2 Å². The van der Waals surface area contributed by atoms with Crippen LogP contribution in [0, 0.1) is 0 Å². The van der Waals surface area contributed by atoms with Crippen molar-refractivity contribution in [2.45, 2.75) is 38.6 Å². The van der Waals surface area contributed by atoms with E-state index in [0.717, 1.165) is 5.02 Å². The maximum atomic E-state index is 6.08. The Balaban J connectivity index is 0.00000144. The lowest BCUT2D eigenvalue weighted by Gasteiger charge is -2.27. The van der Waals surface area contributed by atoms with Crippen LogP contribution < -0.4 is 0 Å². The molecule has 1 nitrogen and oxygen atoms in total. The van der Waals surface area contributed by atoms with Gasteiger partial charge in [0.2, 0.25) is 0 Å². The standard InChI is InChI=1S/C14H20ClN.ClH/c1-2-6-14(16-9-3-4-10-16)12-7-5-8-13(15)11-12;/h5,7-8,11,14H,2-4,6,9-10H2,1H3;1H. The average molecular weight is 274 g/mol. The summed E-state index contributed by atoms with van der Waals surface area (Å²) in [6, 6.07) is 8.94. The summed E-state index contributed by atoms with van der Waals surface area (Å²) in [5.41, 5.74) is 1.39. The maximum Gasteiger partial charge on any atom is 0.0409 e. The van der Waals surface area contributed by atoms with Gasteiger partial charge in [-0.15, -0.1) is 12.4 Å². The molecule has 1 heterocycles. The second kappa shape index (κ2) is 7.25. The van der Waals surface area contributed by atoms with Gasteiger partial charge < -0.3 is 0 Å². The van der Waals surface area contributed by atoms with Gasteiger partial charge in [-0.25, -0.2) is 0 Å². The molecule has 1 aromatic rings. The van der Waals surface area contributed by atoms with E-state index in [2.05, 4.69) is 30.0 Å². The van der Waals surface area contributed by atoms with E-state index in [1.807, 2.05) is 6.07 Å². The lowest BCUT2D eigenvalue weighted by Crippen LogP contribution is -2.25. The second-order valence-corrected chi connectivity index (χ2v) is 5.04. The molecule has 0 spiro atoms. The molecule has 0 aliphatic carbocycles. The van der Waals surface area contributed by atoms with Gasteiger partial charge >= 0.3 is 0 Å².